The van der Waals surface area contributed by atoms with Gasteiger partial charge in [0.05, 0.1) is 5.60 Å². The largest absolute Gasteiger partial charge is 0.378 e. The maximum atomic E-state index is 5.80. The van der Waals surface area contributed by atoms with Gasteiger partial charge in [-0.25, -0.2) is 0 Å². The van der Waals surface area contributed by atoms with Gasteiger partial charge in [0.15, 0.2) is 0 Å². The lowest BCUT2D eigenvalue weighted by molar-refractivity contribution is -0.0441. The number of rotatable bonds is 4. The molecule has 0 aromatic carbocycles. The molecule has 0 radical (unpaired) electrons. The number of hydrogen-bond donors (Lipinski definition) is 1. The Morgan fingerprint density at radius 3 is 2.47 bits per heavy atom. The van der Waals surface area contributed by atoms with Crippen molar-refractivity contribution in [3.05, 3.63) is 0 Å². The number of ether oxygens (including phenoxy) is 1. The fraction of sp³-hybridized carbons (Fsp3) is 1.00. The standard InChI is InChI=1S/C13H25NO/c1-15-13(8-10-14-11-9-13)7-6-12-4-2-3-5-12/h12,14H,2-11H2,1H3. The van der Waals surface area contributed by atoms with Crippen LogP contribution in [0.3, 0.4) is 0 Å². The molecule has 0 unspecified atom stereocenters. The topological polar surface area (TPSA) is 21.3 Å². The molecule has 2 heteroatoms. The zero-order valence-corrected chi connectivity index (χ0v) is 10.1. The van der Waals surface area contributed by atoms with Gasteiger partial charge in [-0.2, -0.15) is 0 Å². The van der Waals surface area contributed by atoms with E-state index in [9.17, 15) is 0 Å². The smallest absolute Gasteiger partial charge is 0.0703 e. The number of nitrogens with one attached hydrogen (secondary N) is 1. The second-order valence-electron chi connectivity index (χ2n) is 5.33. The lowest BCUT2D eigenvalue weighted by atomic mass is 9.84. The van der Waals surface area contributed by atoms with Gasteiger partial charge in [0, 0.05) is 7.11 Å². The molecule has 2 fully saturated rings. The summed E-state index contributed by atoms with van der Waals surface area (Å²) in [6, 6.07) is 0. The lowest BCUT2D eigenvalue weighted by Gasteiger charge is -2.37. The Balaban J connectivity index is 1.78. The van der Waals surface area contributed by atoms with Crippen molar-refractivity contribution >= 4 is 0 Å². The summed E-state index contributed by atoms with van der Waals surface area (Å²) in [5.74, 6) is 1.01. The fourth-order valence-corrected chi connectivity index (χ4v) is 3.20. The molecule has 2 aliphatic rings. The molecule has 2 nitrogen and oxygen atoms in total. The first-order chi connectivity index (χ1) is 7.35. The summed E-state index contributed by atoms with van der Waals surface area (Å²) in [5, 5.41) is 3.42. The first-order valence-electron chi connectivity index (χ1n) is 6.60. The quantitative estimate of drug-likeness (QED) is 0.772. The highest BCUT2D eigenvalue weighted by Crippen LogP contribution is 2.34. The molecule has 0 aromatic rings. The first-order valence-corrected chi connectivity index (χ1v) is 6.60. The van der Waals surface area contributed by atoms with Crippen molar-refractivity contribution in [2.24, 2.45) is 5.92 Å². The van der Waals surface area contributed by atoms with E-state index in [1.165, 1.54) is 51.4 Å². The van der Waals surface area contributed by atoms with Crippen LogP contribution in [0.2, 0.25) is 0 Å². The molecule has 0 atom stereocenters. The minimum atomic E-state index is 0.216. The third-order valence-electron chi connectivity index (χ3n) is 4.43. The summed E-state index contributed by atoms with van der Waals surface area (Å²) in [4.78, 5) is 0. The first kappa shape index (κ1) is 11.4. The lowest BCUT2D eigenvalue weighted by Crippen LogP contribution is -2.43. The zero-order valence-electron chi connectivity index (χ0n) is 10.1. The van der Waals surface area contributed by atoms with Gasteiger partial charge in [0.1, 0.15) is 0 Å². The van der Waals surface area contributed by atoms with Crippen molar-refractivity contribution in [3.8, 4) is 0 Å². The van der Waals surface area contributed by atoms with Crippen molar-refractivity contribution in [3.63, 3.8) is 0 Å². The molecule has 88 valence electrons. The van der Waals surface area contributed by atoms with Crippen molar-refractivity contribution in [2.45, 2.75) is 57.0 Å². The van der Waals surface area contributed by atoms with Crippen LogP contribution in [0.1, 0.15) is 51.4 Å². The molecule has 0 spiro atoms. The Kier molecular flexibility index (Phi) is 4.04. The van der Waals surface area contributed by atoms with Gasteiger partial charge in [-0.3, -0.25) is 0 Å². The van der Waals surface area contributed by atoms with Crippen LogP contribution < -0.4 is 5.32 Å². The summed E-state index contributed by atoms with van der Waals surface area (Å²) in [6.07, 6.45) is 11.0. The van der Waals surface area contributed by atoms with E-state index >= 15 is 0 Å². The van der Waals surface area contributed by atoms with Crippen molar-refractivity contribution in [1.82, 2.24) is 5.32 Å². The maximum Gasteiger partial charge on any atom is 0.0703 e. The Hall–Kier alpha value is -0.0800. The zero-order chi connectivity index (χ0) is 10.6. The Bertz CT molecular complexity index is 181. The van der Waals surface area contributed by atoms with Gasteiger partial charge in [0.2, 0.25) is 0 Å². The predicted octanol–water partition coefficient (Wildman–Crippen LogP) is 2.73. The number of methoxy groups -OCH3 is 1. The molecule has 1 N–H and O–H groups in total. The van der Waals surface area contributed by atoms with E-state index in [-0.39, 0.29) is 5.60 Å². The highest BCUT2D eigenvalue weighted by Gasteiger charge is 2.32. The van der Waals surface area contributed by atoms with E-state index in [0.29, 0.717) is 0 Å². The van der Waals surface area contributed by atoms with E-state index in [2.05, 4.69) is 5.32 Å². The molecule has 0 amide bonds. The van der Waals surface area contributed by atoms with Crippen LogP contribution in [0.25, 0.3) is 0 Å². The Labute approximate surface area is 93.8 Å². The third kappa shape index (κ3) is 2.94. The van der Waals surface area contributed by atoms with Crippen molar-refractivity contribution in [1.29, 1.82) is 0 Å². The molecular weight excluding hydrogens is 186 g/mol. The molecule has 2 rings (SSSR count). The van der Waals surface area contributed by atoms with Crippen molar-refractivity contribution in [2.75, 3.05) is 20.2 Å². The number of hydrogen-bond acceptors (Lipinski definition) is 2. The summed E-state index contributed by atoms with van der Waals surface area (Å²) in [5.41, 5.74) is 0.216. The van der Waals surface area contributed by atoms with Crippen LogP contribution in [0, 0.1) is 5.92 Å². The van der Waals surface area contributed by atoms with Crippen LogP contribution in [0.15, 0.2) is 0 Å². The van der Waals surface area contributed by atoms with Gasteiger partial charge in [-0.05, 0) is 44.7 Å². The Morgan fingerprint density at radius 2 is 1.87 bits per heavy atom. The average molecular weight is 211 g/mol. The van der Waals surface area contributed by atoms with Crippen LogP contribution in [-0.2, 0) is 4.74 Å². The SMILES string of the molecule is COC1(CCC2CCCC2)CCNCC1. The van der Waals surface area contributed by atoms with Crippen LogP contribution in [0.4, 0.5) is 0 Å². The number of piperidine rings is 1. The van der Waals surface area contributed by atoms with E-state index < -0.39 is 0 Å². The monoisotopic (exact) mass is 211 g/mol. The second-order valence-corrected chi connectivity index (χ2v) is 5.33. The van der Waals surface area contributed by atoms with E-state index in [1.807, 2.05) is 7.11 Å². The average Bonchev–Trinajstić information content (AvgIpc) is 2.81. The van der Waals surface area contributed by atoms with Crippen LogP contribution >= 0.6 is 0 Å². The van der Waals surface area contributed by atoms with E-state index in [4.69, 9.17) is 4.74 Å². The van der Waals surface area contributed by atoms with Gasteiger partial charge < -0.3 is 10.1 Å². The molecule has 1 saturated heterocycles. The summed E-state index contributed by atoms with van der Waals surface area (Å²) >= 11 is 0. The molecule has 1 aliphatic heterocycles. The molecule has 15 heavy (non-hydrogen) atoms. The molecule has 1 saturated carbocycles. The molecule has 1 heterocycles. The molecule has 0 bridgehead atoms. The summed E-state index contributed by atoms with van der Waals surface area (Å²) < 4.78 is 5.80. The van der Waals surface area contributed by atoms with Gasteiger partial charge in [-0.15, -0.1) is 0 Å². The predicted molar refractivity (Wildman–Crippen MR) is 63.0 cm³/mol. The summed E-state index contributed by atoms with van der Waals surface area (Å²) in [7, 11) is 1.90. The van der Waals surface area contributed by atoms with Crippen molar-refractivity contribution < 1.29 is 4.74 Å². The van der Waals surface area contributed by atoms with Crippen LogP contribution in [-0.4, -0.2) is 25.8 Å². The van der Waals surface area contributed by atoms with Gasteiger partial charge >= 0.3 is 0 Å². The molecular formula is C13H25NO. The van der Waals surface area contributed by atoms with Gasteiger partial charge in [-0.1, -0.05) is 25.7 Å². The van der Waals surface area contributed by atoms with E-state index in [1.54, 1.807) is 0 Å². The highest BCUT2D eigenvalue weighted by atomic mass is 16.5. The minimum absolute atomic E-state index is 0.216. The molecule has 1 aliphatic carbocycles. The highest BCUT2D eigenvalue weighted by molar-refractivity contribution is 4.87. The Morgan fingerprint density at radius 1 is 1.20 bits per heavy atom. The molecule has 0 aromatic heterocycles. The minimum Gasteiger partial charge on any atom is -0.378 e. The van der Waals surface area contributed by atoms with Gasteiger partial charge in [0.25, 0.3) is 0 Å². The second kappa shape index (κ2) is 5.31. The van der Waals surface area contributed by atoms with Crippen LogP contribution in [0.5, 0.6) is 0 Å². The fourth-order valence-electron chi connectivity index (χ4n) is 3.20. The normalized spacial score (nSPS) is 27.0. The van der Waals surface area contributed by atoms with E-state index in [0.717, 1.165) is 19.0 Å². The maximum absolute atomic E-state index is 5.80. The third-order valence-corrected chi connectivity index (χ3v) is 4.43. The summed E-state index contributed by atoms with van der Waals surface area (Å²) in [6.45, 7) is 2.27.